The fourth-order valence-electron chi connectivity index (χ4n) is 2.65. The van der Waals surface area contributed by atoms with E-state index in [2.05, 4.69) is 20.0 Å². The summed E-state index contributed by atoms with van der Waals surface area (Å²) in [7, 11) is 0. The molecule has 0 spiro atoms. The third-order valence-corrected chi connectivity index (χ3v) is 3.68. The van der Waals surface area contributed by atoms with Crippen LogP contribution in [0.15, 0.2) is 15.1 Å². The Kier molecular flexibility index (Phi) is 3.82. The number of rotatable bonds is 4. The Balaban J connectivity index is 1.64. The molecule has 0 aromatic carbocycles. The molecule has 0 unspecified atom stereocenters. The lowest BCUT2D eigenvalue weighted by molar-refractivity contribution is 0.178. The van der Waals surface area contributed by atoms with Crippen molar-refractivity contribution in [2.75, 3.05) is 13.1 Å². The number of hydrogen-bond acceptors (Lipinski definition) is 6. The zero-order chi connectivity index (χ0) is 13.9. The Morgan fingerprint density at radius 2 is 2.30 bits per heavy atom. The molecule has 1 fully saturated rings. The van der Waals surface area contributed by atoms with Crippen LogP contribution in [0.5, 0.6) is 0 Å². The summed E-state index contributed by atoms with van der Waals surface area (Å²) >= 11 is 0. The summed E-state index contributed by atoms with van der Waals surface area (Å²) in [6.45, 7) is 6.69. The van der Waals surface area contributed by atoms with E-state index in [4.69, 9.17) is 8.94 Å². The standard InChI is InChI=1S/C14H20N4O2/c1-3-12-16-14(17-20-12)11-5-4-6-18(8-11)9-13-15-7-10(2)19-13/h7,11H,3-6,8-9H2,1-2H3/t11-/m1/s1. The third kappa shape index (κ3) is 2.90. The summed E-state index contributed by atoms with van der Waals surface area (Å²) in [5.41, 5.74) is 0. The molecule has 2 aromatic heterocycles. The van der Waals surface area contributed by atoms with Gasteiger partial charge in [0.2, 0.25) is 11.8 Å². The van der Waals surface area contributed by atoms with Gasteiger partial charge in [-0.1, -0.05) is 12.1 Å². The van der Waals surface area contributed by atoms with E-state index in [0.717, 1.165) is 62.3 Å². The fraction of sp³-hybridized carbons (Fsp3) is 0.643. The van der Waals surface area contributed by atoms with Gasteiger partial charge in [0, 0.05) is 18.9 Å². The number of oxazole rings is 1. The van der Waals surface area contributed by atoms with Crippen molar-refractivity contribution in [1.82, 2.24) is 20.0 Å². The van der Waals surface area contributed by atoms with Gasteiger partial charge in [-0.3, -0.25) is 4.90 Å². The molecule has 2 aromatic rings. The van der Waals surface area contributed by atoms with Crippen LogP contribution in [0.25, 0.3) is 0 Å². The van der Waals surface area contributed by atoms with Crippen LogP contribution in [0.1, 0.15) is 49.0 Å². The molecule has 108 valence electrons. The van der Waals surface area contributed by atoms with Crippen molar-refractivity contribution < 1.29 is 8.94 Å². The zero-order valence-electron chi connectivity index (χ0n) is 12.0. The summed E-state index contributed by atoms with van der Waals surface area (Å²) in [5.74, 6) is 3.56. The molecule has 3 heterocycles. The minimum atomic E-state index is 0.351. The number of aryl methyl sites for hydroxylation is 2. The van der Waals surface area contributed by atoms with E-state index >= 15 is 0 Å². The summed E-state index contributed by atoms with van der Waals surface area (Å²) in [4.78, 5) is 11.1. The molecule has 0 bridgehead atoms. The predicted octanol–water partition coefficient (Wildman–Crippen LogP) is 2.31. The number of aromatic nitrogens is 3. The number of hydrogen-bond donors (Lipinski definition) is 0. The Morgan fingerprint density at radius 1 is 1.40 bits per heavy atom. The average Bonchev–Trinajstić information content (AvgIpc) is 3.08. The monoisotopic (exact) mass is 276 g/mol. The van der Waals surface area contributed by atoms with Crippen LogP contribution in [0.4, 0.5) is 0 Å². The molecule has 1 saturated heterocycles. The van der Waals surface area contributed by atoms with Crippen molar-refractivity contribution in [1.29, 1.82) is 0 Å². The van der Waals surface area contributed by atoms with Crippen LogP contribution >= 0.6 is 0 Å². The van der Waals surface area contributed by atoms with Crippen LogP contribution in [0.3, 0.4) is 0 Å². The van der Waals surface area contributed by atoms with E-state index in [-0.39, 0.29) is 0 Å². The lowest BCUT2D eigenvalue weighted by atomic mass is 9.97. The highest BCUT2D eigenvalue weighted by Gasteiger charge is 2.26. The van der Waals surface area contributed by atoms with Gasteiger partial charge in [0.05, 0.1) is 12.7 Å². The molecule has 20 heavy (non-hydrogen) atoms. The highest BCUT2D eigenvalue weighted by molar-refractivity contribution is 4.99. The second kappa shape index (κ2) is 5.75. The van der Waals surface area contributed by atoms with Gasteiger partial charge in [-0.15, -0.1) is 0 Å². The van der Waals surface area contributed by atoms with Crippen LogP contribution in [-0.2, 0) is 13.0 Å². The largest absolute Gasteiger partial charge is 0.445 e. The van der Waals surface area contributed by atoms with Crippen molar-refractivity contribution in [3.05, 3.63) is 29.6 Å². The van der Waals surface area contributed by atoms with Gasteiger partial charge in [0.1, 0.15) is 5.76 Å². The summed E-state index contributed by atoms with van der Waals surface area (Å²) < 4.78 is 10.8. The highest BCUT2D eigenvalue weighted by atomic mass is 16.5. The van der Waals surface area contributed by atoms with Gasteiger partial charge in [-0.25, -0.2) is 4.98 Å². The van der Waals surface area contributed by atoms with Crippen molar-refractivity contribution in [3.8, 4) is 0 Å². The molecule has 1 atom stereocenters. The summed E-state index contributed by atoms with van der Waals surface area (Å²) in [5, 5.41) is 4.10. The van der Waals surface area contributed by atoms with E-state index in [1.807, 2.05) is 13.8 Å². The number of nitrogens with zero attached hydrogens (tertiary/aromatic N) is 4. The number of likely N-dealkylation sites (tertiary alicyclic amines) is 1. The first-order chi connectivity index (χ1) is 9.74. The maximum absolute atomic E-state index is 5.55. The molecular weight excluding hydrogens is 256 g/mol. The van der Waals surface area contributed by atoms with E-state index in [0.29, 0.717) is 5.92 Å². The van der Waals surface area contributed by atoms with Gasteiger partial charge in [0.25, 0.3) is 0 Å². The van der Waals surface area contributed by atoms with Crippen molar-refractivity contribution in [2.24, 2.45) is 0 Å². The van der Waals surface area contributed by atoms with Crippen molar-refractivity contribution in [2.45, 2.75) is 45.6 Å². The lowest BCUT2D eigenvalue weighted by Crippen LogP contribution is -2.34. The third-order valence-electron chi connectivity index (χ3n) is 3.68. The molecule has 3 rings (SSSR count). The molecular formula is C14H20N4O2. The fourth-order valence-corrected chi connectivity index (χ4v) is 2.65. The molecule has 6 heteroatoms. The van der Waals surface area contributed by atoms with Crippen LogP contribution in [0.2, 0.25) is 0 Å². The van der Waals surface area contributed by atoms with Crippen molar-refractivity contribution in [3.63, 3.8) is 0 Å². The first kappa shape index (κ1) is 13.3. The average molecular weight is 276 g/mol. The summed E-state index contributed by atoms with van der Waals surface area (Å²) in [6.07, 6.45) is 4.81. The maximum atomic E-state index is 5.55. The van der Waals surface area contributed by atoms with Gasteiger partial charge in [0.15, 0.2) is 5.82 Å². The Hall–Kier alpha value is -1.69. The first-order valence-electron chi connectivity index (χ1n) is 7.20. The minimum Gasteiger partial charge on any atom is -0.445 e. The lowest BCUT2D eigenvalue weighted by Gasteiger charge is -2.30. The van der Waals surface area contributed by atoms with Crippen LogP contribution in [0, 0.1) is 6.92 Å². The van der Waals surface area contributed by atoms with E-state index in [9.17, 15) is 0 Å². The van der Waals surface area contributed by atoms with Gasteiger partial charge < -0.3 is 8.94 Å². The van der Waals surface area contributed by atoms with Gasteiger partial charge >= 0.3 is 0 Å². The topological polar surface area (TPSA) is 68.2 Å². The first-order valence-corrected chi connectivity index (χ1v) is 7.20. The normalized spacial score (nSPS) is 20.4. The quantitative estimate of drug-likeness (QED) is 0.853. The maximum Gasteiger partial charge on any atom is 0.226 e. The Labute approximate surface area is 118 Å². The molecule has 0 amide bonds. The molecule has 0 saturated carbocycles. The minimum absolute atomic E-state index is 0.351. The van der Waals surface area contributed by atoms with E-state index < -0.39 is 0 Å². The Morgan fingerprint density at radius 3 is 3.00 bits per heavy atom. The molecule has 0 aliphatic carbocycles. The zero-order valence-corrected chi connectivity index (χ0v) is 12.0. The second-order valence-corrected chi connectivity index (χ2v) is 5.34. The van der Waals surface area contributed by atoms with Crippen molar-refractivity contribution >= 4 is 0 Å². The number of piperidine rings is 1. The van der Waals surface area contributed by atoms with E-state index in [1.165, 1.54) is 0 Å². The van der Waals surface area contributed by atoms with Crippen LogP contribution in [-0.4, -0.2) is 33.1 Å². The SMILES string of the molecule is CCc1nc([C@@H]2CCCN(Cc3ncc(C)o3)C2)no1. The Bertz CT molecular complexity index is 563. The van der Waals surface area contributed by atoms with Gasteiger partial charge in [-0.05, 0) is 26.3 Å². The molecule has 1 aliphatic heterocycles. The molecule has 6 nitrogen and oxygen atoms in total. The molecule has 1 aliphatic rings. The van der Waals surface area contributed by atoms with Crippen LogP contribution < -0.4 is 0 Å². The highest BCUT2D eigenvalue weighted by Crippen LogP contribution is 2.25. The van der Waals surface area contributed by atoms with E-state index in [1.54, 1.807) is 6.20 Å². The molecule has 0 radical (unpaired) electrons. The summed E-state index contributed by atoms with van der Waals surface area (Å²) in [6, 6.07) is 0. The molecule has 0 N–H and O–H groups in total. The smallest absolute Gasteiger partial charge is 0.226 e. The second-order valence-electron chi connectivity index (χ2n) is 5.34. The van der Waals surface area contributed by atoms with Gasteiger partial charge in [-0.2, -0.15) is 4.98 Å². The predicted molar refractivity (Wildman–Crippen MR) is 72.2 cm³/mol.